The number of nitro groups is 1. The van der Waals surface area contributed by atoms with E-state index in [0.717, 1.165) is 16.8 Å². The Hall–Kier alpha value is -3.53. The molecule has 1 aliphatic rings. The molecule has 170 valence electrons. The summed E-state index contributed by atoms with van der Waals surface area (Å²) in [6.07, 6.45) is 2.37. The van der Waals surface area contributed by atoms with Gasteiger partial charge in [-0.3, -0.25) is 20.4 Å². The zero-order valence-corrected chi connectivity index (χ0v) is 18.4. The van der Waals surface area contributed by atoms with E-state index in [-0.39, 0.29) is 10.6 Å². The Morgan fingerprint density at radius 1 is 0.939 bits per heavy atom. The van der Waals surface area contributed by atoms with E-state index in [1.807, 2.05) is 66.7 Å². The third-order valence-electron chi connectivity index (χ3n) is 5.29. The highest BCUT2D eigenvalue weighted by Crippen LogP contribution is 2.21. The molecule has 2 N–H and O–H groups in total. The van der Waals surface area contributed by atoms with Crippen LogP contribution < -0.4 is 10.2 Å². The summed E-state index contributed by atoms with van der Waals surface area (Å²) >= 11 is 0. The Labute approximate surface area is 192 Å². The van der Waals surface area contributed by atoms with E-state index in [1.54, 1.807) is 0 Å². The summed E-state index contributed by atoms with van der Waals surface area (Å²) in [4.78, 5) is 16.0. The van der Waals surface area contributed by atoms with Crippen LogP contribution in [-0.2, 0) is 27.7 Å². The second-order valence-corrected chi connectivity index (χ2v) is 9.42. The topological polar surface area (TPSA) is 111 Å². The summed E-state index contributed by atoms with van der Waals surface area (Å²) in [7, 11) is -3.95. The highest BCUT2D eigenvalue weighted by atomic mass is 32.2. The monoisotopic (exact) mass is 465 g/mol. The quantitative estimate of drug-likeness (QED) is 0.370. The van der Waals surface area contributed by atoms with E-state index in [1.165, 1.54) is 24.3 Å². The zero-order chi connectivity index (χ0) is 23.3. The minimum atomic E-state index is -3.95. The lowest BCUT2D eigenvalue weighted by Gasteiger charge is -2.22. The maximum absolute atomic E-state index is 13.1. The molecule has 2 atom stereocenters. The van der Waals surface area contributed by atoms with Gasteiger partial charge in [0.2, 0.25) is 10.0 Å². The molecule has 3 aromatic rings. The van der Waals surface area contributed by atoms with Crippen LogP contribution in [0.5, 0.6) is 0 Å². The molecule has 1 aliphatic heterocycles. The average Bonchev–Trinajstić information content (AvgIpc) is 3.28. The normalized spacial score (nSPS) is 16.6. The lowest BCUT2D eigenvalue weighted by Crippen LogP contribution is -2.44. The zero-order valence-electron chi connectivity index (χ0n) is 17.6. The molecule has 3 aromatic carbocycles. The van der Waals surface area contributed by atoms with Crippen LogP contribution in [-0.4, -0.2) is 25.5 Å². The fourth-order valence-electron chi connectivity index (χ4n) is 3.63. The number of nitrogens with one attached hydrogen (secondary N) is 2. The number of hydrogen-bond donors (Lipinski definition) is 2. The lowest BCUT2D eigenvalue weighted by molar-refractivity contribution is -0.384. The number of non-ortho nitro benzene ring substituents is 1. The molecule has 0 radical (unpaired) electrons. The lowest BCUT2D eigenvalue weighted by atomic mass is 10.0. The second kappa shape index (κ2) is 9.95. The van der Waals surface area contributed by atoms with Gasteiger partial charge in [0, 0.05) is 24.3 Å². The molecule has 0 fully saturated rings. The fourth-order valence-corrected chi connectivity index (χ4v) is 4.87. The van der Waals surface area contributed by atoms with Crippen molar-refractivity contribution in [3.8, 4) is 0 Å². The summed E-state index contributed by atoms with van der Waals surface area (Å²) in [6, 6.07) is 23.6. The number of nitrogens with zero attached hydrogens (tertiary/aromatic N) is 1. The largest absolute Gasteiger partial charge is 0.270 e. The van der Waals surface area contributed by atoms with Gasteiger partial charge in [-0.25, -0.2) is 13.1 Å². The molecule has 0 aliphatic carbocycles. The maximum atomic E-state index is 13.1. The first-order valence-corrected chi connectivity index (χ1v) is 11.9. The smallest absolute Gasteiger partial charge is 0.269 e. The van der Waals surface area contributed by atoms with Crippen molar-refractivity contribution in [3.63, 3.8) is 0 Å². The van der Waals surface area contributed by atoms with E-state index < -0.39 is 27.1 Å². The van der Waals surface area contributed by atoms with Crippen molar-refractivity contribution >= 4 is 15.7 Å². The average molecular weight is 466 g/mol. The Morgan fingerprint density at radius 3 is 2.15 bits per heavy atom. The molecular formula is C24H23N3O5S. The van der Waals surface area contributed by atoms with Crippen molar-refractivity contribution in [2.24, 2.45) is 0 Å². The molecule has 0 saturated carbocycles. The van der Waals surface area contributed by atoms with Gasteiger partial charge in [0.15, 0.2) is 0 Å². The van der Waals surface area contributed by atoms with Crippen molar-refractivity contribution in [2.75, 3.05) is 0 Å². The van der Waals surface area contributed by atoms with Crippen LogP contribution in [0, 0.1) is 10.1 Å². The molecule has 1 heterocycles. The first-order valence-electron chi connectivity index (χ1n) is 10.4. The van der Waals surface area contributed by atoms with E-state index in [2.05, 4.69) is 10.2 Å². The van der Waals surface area contributed by atoms with E-state index >= 15 is 0 Å². The Bertz CT molecular complexity index is 1230. The van der Waals surface area contributed by atoms with Crippen molar-refractivity contribution in [3.05, 3.63) is 118 Å². The molecule has 4 rings (SSSR count). The number of hydroxylamine groups is 1. The van der Waals surface area contributed by atoms with Crippen LogP contribution in [0.25, 0.3) is 0 Å². The first-order chi connectivity index (χ1) is 15.9. The van der Waals surface area contributed by atoms with Crippen LogP contribution in [0.15, 0.2) is 102 Å². The summed E-state index contributed by atoms with van der Waals surface area (Å²) in [5.74, 6) is 0. The predicted octanol–water partition coefficient (Wildman–Crippen LogP) is 3.51. The Kier molecular flexibility index (Phi) is 6.83. The predicted molar refractivity (Wildman–Crippen MR) is 124 cm³/mol. The summed E-state index contributed by atoms with van der Waals surface area (Å²) in [6.45, 7) is 0. The number of allylic oxidation sites excluding steroid dienone is 1. The fraction of sp³-hybridized carbons (Fsp3) is 0.167. The summed E-state index contributed by atoms with van der Waals surface area (Å²) in [5, 5.41) is 10.9. The number of hydrogen-bond acceptors (Lipinski definition) is 6. The van der Waals surface area contributed by atoms with Gasteiger partial charge >= 0.3 is 0 Å². The summed E-state index contributed by atoms with van der Waals surface area (Å²) in [5.41, 5.74) is 5.64. The third-order valence-corrected chi connectivity index (χ3v) is 6.79. The van der Waals surface area contributed by atoms with Gasteiger partial charge in [-0.15, -0.1) is 0 Å². The minimum Gasteiger partial charge on any atom is -0.270 e. The van der Waals surface area contributed by atoms with Gasteiger partial charge in [-0.1, -0.05) is 60.7 Å². The molecule has 8 nitrogen and oxygen atoms in total. The number of sulfonamides is 1. The molecule has 0 spiro atoms. The molecule has 0 saturated heterocycles. The van der Waals surface area contributed by atoms with Crippen molar-refractivity contribution in [1.29, 1.82) is 0 Å². The van der Waals surface area contributed by atoms with Crippen LogP contribution in [0.3, 0.4) is 0 Å². The van der Waals surface area contributed by atoms with E-state index in [4.69, 9.17) is 4.84 Å². The molecule has 0 aromatic heterocycles. The van der Waals surface area contributed by atoms with Crippen molar-refractivity contribution in [2.45, 2.75) is 29.9 Å². The van der Waals surface area contributed by atoms with Gasteiger partial charge in [0.1, 0.15) is 6.10 Å². The standard InChI is InChI=1S/C24H23N3O5S/c28-27(29)21-11-13-22(14-12-21)33(30,31)26-23(16-19-9-5-2-6-10-19)24-17-20(25-32-24)15-18-7-3-1-4-8-18/h1-14,17,23-26H,15-16H2. The first kappa shape index (κ1) is 22.7. The van der Waals surface area contributed by atoms with Gasteiger partial charge in [-0.2, -0.15) is 0 Å². The van der Waals surface area contributed by atoms with Crippen LogP contribution in [0.1, 0.15) is 11.1 Å². The van der Waals surface area contributed by atoms with Gasteiger partial charge < -0.3 is 0 Å². The minimum absolute atomic E-state index is 0.0504. The van der Waals surface area contributed by atoms with Crippen LogP contribution in [0.2, 0.25) is 0 Å². The molecule has 9 heteroatoms. The Morgan fingerprint density at radius 2 is 1.55 bits per heavy atom. The molecular weight excluding hydrogens is 442 g/mol. The number of nitro benzene ring substituents is 1. The third kappa shape index (κ3) is 5.83. The van der Waals surface area contributed by atoms with Crippen LogP contribution in [0.4, 0.5) is 5.69 Å². The molecule has 0 bridgehead atoms. The highest BCUT2D eigenvalue weighted by Gasteiger charge is 2.31. The van der Waals surface area contributed by atoms with Gasteiger partial charge in [0.25, 0.3) is 5.69 Å². The maximum Gasteiger partial charge on any atom is 0.269 e. The molecule has 0 amide bonds. The second-order valence-electron chi connectivity index (χ2n) is 7.71. The Balaban J connectivity index is 1.56. The number of benzene rings is 3. The van der Waals surface area contributed by atoms with E-state index in [0.29, 0.717) is 12.8 Å². The highest BCUT2D eigenvalue weighted by molar-refractivity contribution is 7.89. The SMILES string of the molecule is O=[N+]([O-])c1ccc(S(=O)(=O)NC(Cc2ccccc2)C2C=C(Cc3ccccc3)NO2)cc1. The van der Waals surface area contributed by atoms with Gasteiger partial charge in [0.05, 0.1) is 15.9 Å². The molecule has 33 heavy (non-hydrogen) atoms. The van der Waals surface area contributed by atoms with Gasteiger partial charge in [-0.05, 0) is 35.8 Å². The molecule has 2 unspecified atom stereocenters. The number of rotatable bonds is 9. The van der Waals surface area contributed by atoms with E-state index in [9.17, 15) is 18.5 Å². The van der Waals surface area contributed by atoms with Crippen molar-refractivity contribution < 1.29 is 18.2 Å². The van der Waals surface area contributed by atoms with Crippen LogP contribution >= 0.6 is 0 Å². The van der Waals surface area contributed by atoms with Crippen molar-refractivity contribution in [1.82, 2.24) is 10.2 Å². The summed E-state index contributed by atoms with van der Waals surface area (Å²) < 4.78 is 28.9.